The van der Waals surface area contributed by atoms with Crippen LogP contribution in [0, 0.1) is 11.3 Å². The molecule has 0 spiro atoms. The normalized spacial score (nSPS) is 21.0. The number of rotatable bonds is 6. The molecule has 0 unspecified atom stereocenters. The van der Waals surface area contributed by atoms with Gasteiger partial charge in [-0.05, 0) is 24.2 Å². The second-order valence-electron chi connectivity index (χ2n) is 7.89. The van der Waals surface area contributed by atoms with Gasteiger partial charge in [0.2, 0.25) is 11.8 Å². The maximum atomic E-state index is 12.2. The molecule has 2 amide bonds. The molecule has 25 heavy (non-hydrogen) atoms. The Hall–Kier alpha value is -1.89. The van der Waals surface area contributed by atoms with Gasteiger partial charge in [0.1, 0.15) is 6.54 Å². The van der Waals surface area contributed by atoms with E-state index in [2.05, 4.69) is 41.8 Å². The second kappa shape index (κ2) is 8.47. The van der Waals surface area contributed by atoms with Gasteiger partial charge in [-0.1, -0.05) is 33.6 Å². The fourth-order valence-electron chi connectivity index (χ4n) is 3.58. The molecule has 1 heterocycles. The lowest BCUT2D eigenvalue weighted by atomic mass is 9.69. The van der Waals surface area contributed by atoms with Crippen LogP contribution in [0.2, 0.25) is 0 Å². The zero-order valence-electron chi connectivity index (χ0n) is 15.8. The predicted octanol–water partition coefficient (Wildman–Crippen LogP) is 1.76. The van der Waals surface area contributed by atoms with Gasteiger partial charge in [0.05, 0.1) is 18.4 Å². The van der Waals surface area contributed by atoms with Crippen LogP contribution < -0.4 is 16.0 Å². The Morgan fingerprint density at radius 2 is 1.96 bits per heavy atom. The molecule has 1 aromatic rings. The Bertz CT molecular complexity index is 591. The summed E-state index contributed by atoms with van der Waals surface area (Å²) in [6, 6.07) is 0.385. The first-order chi connectivity index (χ1) is 11.8. The third kappa shape index (κ3) is 5.85. The highest BCUT2D eigenvalue weighted by atomic mass is 16.2. The number of carbonyl (C=O) groups is 2. The zero-order chi connectivity index (χ0) is 18.4. The summed E-state index contributed by atoms with van der Waals surface area (Å²) in [6.07, 6.45) is 8.05. The predicted molar refractivity (Wildman–Crippen MR) is 98.1 cm³/mol. The fraction of sp³-hybridized carbons (Fsp3) is 0.722. The molecule has 1 saturated carbocycles. The summed E-state index contributed by atoms with van der Waals surface area (Å²) < 4.78 is 1.50. The van der Waals surface area contributed by atoms with Gasteiger partial charge in [-0.15, -0.1) is 0 Å². The number of carbonyl (C=O) groups excluding carboxylic acids is 2. The lowest BCUT2D eigenvalue weighted by Gasteiger charge is -2.40. The van der Waals surface area contributed by atoms with Gasteiger partial charge in [-0.25, -0.2) is 0 Å². The topological polar surface area (TPSA) is 88.0 Å². The van der Waals surface area contributed by atoms with E-state index in [4.69, 9.17) is 0 Å². The van der Waals surface area contributed by atoms with E-state index in [1.807, 2.05) is 0 Å². The maximum Gasteiger partial charge on any atom is 0.241 e. The van der Waals surface area contributed by atoms with Crippen molar-refractivity contribution in [2.75, 3.05) is 18.9 Å². The van der Waals surface area contributed by atoms with Crippen molar-refractivity contribution in [2.24, 2.45) is 11.3 Å². The Labute approximate surface area is 149 Å². The summed E-state index contributed by atoms with van der Waals surface area (Å²) in [7, 11) is 1.58. The molecule has 0 saturated heterocycles. The molecule has 140 valence electrons. The molecule has 0 aliphatic heterocycles. The molecule has 0 bridgehead atoms. The summed E-state index contributed by atoms with van der Waals surface area (Å²) in [5, 5.41) is 12.9. The minimum Gasteiger partial charge on any atom is -0.358 e. The molecule has 3 N–H and O–H groups in total. The summed E-state index contributed by atoms with van der Waals surface area (Å²) >= 11 is 0. The third-order valence-corrected chi connectivity index (χ3v) is 4.90. The standard InChI is InChI=1S/C18H31N5O2/c1-18(2,3)14-7-5-6-8-15(14)20-10-16(24)22-13-9-21-23(11-13)12-17(25)19-4/h9,11,14-15,20H,5-8,10,12H2,1-4H3,(H,19,25)(H,22,24)/t14-,15-/m1/s1. The van der Waals surface area contributed by atoms with Crippen LogP contribution in [0.15, 0.2) is 12.4 Å². The number of nitrogens with one attached hydrogen (secondary N) is 3. The van der Waals surface area contributed by atoms with Crippen LogP contribution in [0.1, 0.15) is 46.5 Å². The van der Waals surface area contributed by atoms with E-state index in [-0.39, 0.29) is 30.3 Å². The number of amides is 2. The average molecular weight is 349 g/mol. The van der Waals surface area contributed by atoms with E-state index in [1.165, 1.54) is 23.9 Å². The minimum absolute atomic E-state index is 0.0854. The average Bonchev–Trinajstić information content (AvgIpc) is 2.99. The number of nitrogens with zero attached hydrogens (tertiary/aromatic N) is 2. The van der Waals surface area contributed by atoms with Crippen molar-refractivity contribution in [1.82, 2.24) is 20.4 Å². The van der Waals surface area contributed by atoms with Crippen molar-refractivity contribution in [3.8, 4) is 0 Å². The Morgan fingerprint density at radius 3 is 2.64 bits per heavy atom. The van der Waals surface area contributed by atoms with Crippen molar-refractivity contribution in [1.29, 1.82) is 0 Å². The molecular formula is C18H31N5O2. The van der Waals surface area contributed by atoms with Crippen molar-refractivity contribution < 1.29 is 9.59 Å². The molecular weight excluding hydrogens is 318 g/mol. The Kier molecular flexibility index (Phi) is 6.58. The van der Waals surface area contributed by atoms with Crippen LogP contribution in [0.4, 0.5) is 5.69 Å². The fourth-order valence-corrected chi connectivity index (χ4v) is 3.58. The van der Waals surface area contributed by atoms with Gasteiger partial charge < -0.3 is 16.0 Å². The molecule has 1 aliphatic rings. The highest BCUT2D eigenvalue weighted by Gasteiger charge is 2.33. The SMILES string of the molecule is CNC(=O)Cn1cc(NC(=O)CN[C@@H]2CCCC[C@H]2C(C)(C)C)cn1. The van der Waals surface area contributed by atoms with Crippen LogP contribution in [-0.2, 0) is 16.1 Å². The number of aromatic nitrogens is 2. The number of anilines is 1. The first-order valence-corrected chi connectivity index (χ1v) is 9.06. The summed E-state index contributed by atoms with van der Waals surface area (Å²) in [6.45, 7) is 7.26. The van der Waals surface area contributed by atoms with Gasteiger partial charge in [-0.2, -0.15) is 5.10 Å². The van der Waals surface area contributed by atoms with E-state index in [0.29, 0.717) is 17.6 Å². The van der Waals surface area contributed by atoms with Crippen molar-refractivity contribution in [3.63, 3.8) is 0 Å². The van der Waals surface area contributed by atoms with Crippen molar-refractivity contribution in [2.45, 2.75) is 59.0 Å². The second-order valence-corrected chi connectivity index (χ2v) is 7.89. The number of hydrogen-bond donors (Lipinski definition) is 3. The Balaban J connectivity index is 1.83. The summed E-state index contributed by atoms with van der Waals surface area (Å²) in [5.41, 5.74) is 0.849. The molecule has 2 atom stereocenters. The van der Waals surface area contributed by atoms with Crippen LogP contribution in [0.5, 0.6) is 0 Å². The molecule has 0 radical (unpaired) electrons. The van der Waals surface area contributed by atoms with E-state index in [9.17, 15) is 9.59 Å². The quantitative estimate of drug-likeness (QED) is 0.730. The molecule has 0 aromatic carbocycles. The van der Waals surface area contributed by atoms with Crippen LogP contribution in [0.25, 0.3) is 0 Å². The van der Waals surface area contributed by atoms with E-state index >= 15 is 0 Å². The van der Waals surface area contributed by atoms with E-state index < -0.39 is 0 Å². The molecule has 2 rings (SSSR count). The van der Waals surface area contributed by atoms with Crippen LogP contribution in [-0.4, -0.2) is 41.2 Å². The van der Waals surface area contributed by atoms with Gasteiger partial charge >= 0.3 is 0 Å². The monoisotopic (exact) mass is 349 g/mol. The lowest BCUT2D eigenvalue weighted by molar-refractivity contribution is -0.121. The Morgan fingerprint density at radius 1 is 1.24 bits per heavy atom. The van der Waals surface area contributed by atoms with E-state index in [1.54, 1.807) is 19.4 Å². The van der Waals surface area contributed by atoms with Crippen LogP contribution in [0.3, 0.4) is 0 Å². The number of hydrogen-bond acceptors (Lipinski definition) is 4. The third-order valence-electron chi connectivity index (χ3n) is 4.90. The first kappa shape index (κ1) is 19.4. The smallest absolute Gasteiger partial charge is 0.241 e. The first-order valence-electron chi connectivity index (χ1n) is 9.06. The molecule has 7 nitrogen and oxygen atoms in total. The molecule has 1 aromatic heterocycles. The maximum absolute atomic E-state index is 12.2. The zero-order valence-corrected chi connectivity index (χ0v) is 15.8. The highest BCUT2D eigenvalue weighted by molar-refractivity contribution is 5.92. The van der Waals surface area contributed by atoms with E-state index in [0.717, 1.165) is 6.42 Å². The van der Waals surface area contributed by atoms with Crippen molar-refractivity contribution in [3.05, 3.63) is 12.4 Å². The van der Waals surface area contributed by atoms with Gasteiger partial charge in [0.25, 0.3) is 0 Å². The van der Waals surface area contributed by atoms with Gasteiger partial charge in [0, 0.05) is 19.3 Å². The molecule has 1 fully saturated rings. The van der Waals surface area contributed by atoms with Gasteiger partial charge in [-0.3, -0.25) is 14.3 Å². The largest absolute Gasteiger partial charge is 0.358 e. The molecule has 1 aliphatic carbocycles. The van der Waals surface area contributed by atoms with Crippen LogP contribution >= 0.6 is 0 Å². The number of likely N-dealkylation sites (N-methyl/N-ethyl adjacent to an activating group) is 1. The van der Waals surface area contributed by atoms with Gasteiger partial charge in [0.15, 0.2) is 0 Å². The highest BCUT2D eigenvalue weighted by Crippen LogP contribution is 2.37. The summed E-state index contributed by atoms with van der Waals surface area (Å²) in [4.78, 5) is 23.5. The van der Waals surface area contributed by atoms with Crippen molar-refractivity contribution >= 4 is 17.5 Å². The summed E-state index contributed by atoms with van der Waals surface area (Å²) in [5.74, 6) is 0.371. The minimum atomic E-state index is -0.131. The lowest BCUT2D eigenvalue weighted by Crippen LogP contribution is -2.46. The molecule has 7 heteroatoms.